The molecule has 1 rings (SSSR count). The van der Waals surface area contributed by atoms with Gasteiger partial charge in [0, 0.05) is 0 Å². The first-order valence-corrected chi connectivity index (χ1v) is 1.92. The molecule has 0 N–H and O–H groups in total. The molecule has 2 nitrogen and oxygen atoms in total. The molecule has 0 fully saturated rings. The maximum Gasteiger partial charge on any atom is 0.122 e. The normalized spacial score (nSPS) is 16.0. The molecule has 0 amide bonds. The maximum absolute atomic E-state index is 4.49. The van der Waals surface area contributed by atoms with Gasteiger partial charge in [0.15, 0.2) is 0 Å². The first-order valence-electron chi connectivity index (χ1n) is 1.92. The summed E-state index contributed by atoms with van der Waals surface area (Å²) in [5.74, 6) is 0. The highest BCUT2D eigenvalue weighted by Gasteiger charge is 1.71. The quantitative estimate of drug-likeness (QED) is 0.436. The Morgan fingerprint density at radius 3 is 3.57 bits per heavy atom. The molecule has 0 aromatic heterocycles. The predicted octanol–water partition coefficient (Wildman–Crippen LogP) is 0.875. The van der Waals surface area contributed by atoms with Gasteiger partial charge in [-0.15, -0.1) is 0 Å². The third-order valence-electron chi connectivity index (χ3n) is 0.518. The van der Waals surface area contributed by atoms with Gasteiger partial charge in [0.05, 0.1) is 6.21 Å². The van der Waals surface area contributed by atoms with E-state index in [0.717, 1.165) is 0 Å². The Morgan fingerprint density at radius 1 is 1.57 bits per heavy atom. The van der Waals surface area contributed by atoms with Crippen molar-refractivity contribution in [3.8, 4) is 0 Å². The lowest BCUT2D eigenvalue weighted by Gasteiger charge is -1.77. The largest absolute Gasteiger partial charge is 0.365 e. The lowest BCUT2D eigenvalue weighted by molar-refractivity contribution is 0.271. The predicted molar refractivity (Wildman–Crippen MR) is 26.5 cm³/mol. The molecule has 0 aromatic rings. The van der Waals surface area contributed by atoms with Gasteiger partial charge in [-0.05, 0) is 18.2 Å². The van der Waals surface area contributed by atoms with Crippen LogP contribution in [-0.4, -0.2) is 6.21 Å². The van der Waals surface area contributed by atoms with E-state index in [-0.39, 0.29) is 0 Å². The van der Waals surface area contributed by atoms with Crippen molar-refractivity contribution in [2.45, 2.75) is 0 Å². The number of hydrogen-bond donors (Lipinski definition) is 0. The number of allylic oxidation sites excluding steroid dienone is 3. The summed E-state index contributed by atoms with van der Waals surface area (Å²) >= 11 is 0. The molecule has 0 aromatic carbocycles. The Morgan fingerprint density at radius 2 is 2.57 bits per heavy atom. The van der Waals surface area contributed by atoms with Crippen molar-refractivity contribution >= 4 is 6.21 Å². The molecular weight excluding hydrogens is 90.1 g/mol. The van der Waals surface area contributed by atoms with Crippen LogP contribution in [0.2, 0.25) is 0 Å². The number of oxime groups is 1. The standard InChI is InChI=1S/C5H4NO/c1-2-4-6-7-5-3-1/h2-5H. The Labute approximate surface area is 41.8 Å². The first-order chi connectivity index (χ1) is 3.50. The molecule has 0 aliphatic carbocycles. The fourth-order valence-corrected chi connectivity index (χ4v) is 0.269. The Balaban J connectivity index is 2.60. The third kappa shape index (κ3) is 1.22. The van der Waals surface area contributed by atoms with Crippen molar-refractivity contribution in [2.24, 2.45) is 5.16 Å². The van der Waals surface area contributed by atoms with Gasteiger partial charge in [-0.3, -0.25) is 0 Å². The van der Waals surface area contributed by atoms with E-state index >= 15 is 0 Å². The molecule has 1 aliphatic heterocycles. The zero-order valence-electron chi connectivity index (χ0n) is 3.66. The first kappa shape index (κ1) is 4.12. The molecule has 1 heterocycles. The summed E-state index contributed by atoms with van der Waals surface area (Å²) in [5, 5.41) is 3.44. The molecule has 0 saturated carbocycles. The van der Waals surface area contributed by atoms with Crippen LogP contribution in [0.3, 0.4) is 0 Å². The lowest BCUT2D eigenvalue weighted by atomic mass is 10.5. The van der Waals surface area contributed by atoms with Gasteiger partial charge in [-0.2, -0.15) is 0 Å². The second-order valence-electron chi connectivity index (χ2n) is 0.996. The topological polar surface area (TPSA) is 21.6 Å². The second-order valence-corrected chi connectivity index (χ2v) is 0.996. The van der Waals surface area contributed by atoms with Gasteiger partial charge in [0.1, 0.15) is 6.26 Å². The van der Waals surface area contributed by atoms with E-state index in [1.807, 2.05) is 0 Å². The van der Waals surface area contributed by atoms with Gasteiger partial charge >= 0.3 is 0 Å². The Hall–Kier alpha value is -1.05. The molecule has 0 unspecified atom stereocenters. The fourth-order valence-electron chi connectivity index (χ4n) is 0.269. The highest BCUT2D eigenvalue weighted by Crippen LogP contribution is 1.82. The van der Waals surface area contributed by atoms with Gasteiger partial charge in [0.2, 0.25) is 0 Å². The van der Waals surface area contributed by atoms with Crippen LogP contribution >= 0.6 is 0 Å². The van der Waals surface area contributed by atoms with Crippen LogP contribution in [0.25, 0.3) is 0 Å². The van der Waals surface area contributed by atoms with E-state index in [4.69, 9.17) is 0 Å². The molecule has 2 heteroatoms. The zero-order chi connectivity index (χ0) is 4.95. The molecule has 35 valence electrons. The van der Waals surface area contributed by atoms with Crippen LogP contribution in [0, 0.1) is 6.08 Å². The molecule has 0 bridgehead atoms. The van der Waals surface area contributed by atoms with Crippen molar-refractivity contribution < 1.29 is 4.84 Å². The van der Waals surface area contributed by atoms with Gasteiger partial charge in [-0.25, -0.2) is 0 Å². The van der Waals surface area contributed by atoms with Crippen LogP contribution in [0.4, 0.5) is 0 Å². The minimum absolute atomic E-state index is 1.46. The van der Waals surface area contributed by atoms with Crippen molar-refractivity contribution in [2.75, 3.05) is 0 Å². The SMILES string of the molecule is [C]1=CC=NOC=C1. The van der Waals surface area contributed by atoms with E-state index in [0.29, 0.717) is 0 Å². The van der Waals surface area contributed by atoms with Crippen LogP contribution in [0.15, 0.2) is 23.6 Å². The summed E-state index contributed by atoms with van der Waals surface area (Å²) < 4.78 is 0. The molecule has 1 radical (unpaired) electrons. The average Bonchev–Trinajstić information content (AvgIpc) is 1.90. The van der Waals surface area contributed by atoms with E-state index in [2.05, 4.69) is 16.1 Å². The highest BCUT2D eigenvalue weighted by molar-refractivity contribution is 5.70. The van der Waals surface area contributed by atoms with Crippen molar-refractivity contribution in [3.05, 3.63) is 24.5 Å². The van der Waals surface area contributed by atoms with Gasteiger partial charge < -0.3 is 4.84 Å². The summed E-state index contributed by atoms with van der Waals surface area (Å²) in [4.78, 5) is 4.49. The van der Waals surface area contributed by atoms with Crippen LogP contribution < -0.4 is 0 Å². The van der Waals surface area contributed by atoms with Crippen LogP contribution in [-0.2, 0) is 4.84 Å². The molecule has 7 heavy (non-hydrogen) atoms. The van der Waals surface area contributed by atoms with E-state index < -0.39 is 0 Å². The van der Waals surface area contributed by atoms with E-state index in [1.165, 1.54) is 12.5 Å². The molecule has 0 spiro atoms. The summed E-state index contributed by atoms with van der Waals surface area (Å²) in [6.07, 6.45) is 9.07. The Kier molecular flexibility index (Phi) is 1.28. The molecule has 0 atom stereocenters. The number of hydrogen-bond acceptors (Lipinski definition) is 2. The minimum atomic E-state index is 1.46. The van der Waals surface area contributed by atoms with Gasteiger partial charge in [0.25, 0.3) is 0 Å². The van der Waals surface area contributed by atoms with Crippen molar-refractivity contribution in [1.82, 2.24) is 0 Å². The summed E-state index contributed by atoms with van der Waals surface area (Å²) in [7, 11) is 0. The molecule has 1 aliphatic rings. The Bertz CT molecular complexity index is 110. The molecule has 0 saturated heterocycles. The highest BCUT2D eigenvalue weighted by atomic mass is 16.6. The average molecular weight is 94.1 g/mol. The summed E-state index contributed by atoms with van der Waals surface area (Å²) in [5.41, 5.74) is 0. The second kappa shape index (κ2) is 2.18. The van der Waals surface area contributed by atoms with E-state index in [9.17, 15) is 0 Å². The zero-order valence-corrected chi connectivity index (χ0v) is 3.66. The number of nitrogens with zero attached hydrogens (tertiary/aromatic N) is 1. The summed E-state index contributed by atoms with van der Waals surface area (Å²) in [6.45, 7) is 0. The van der Waals surface area contributed by atoms with Crippen molar-refractivity contribution in [1.29, 1.82) is 0 Å². The lowest BCUT2D eigenvalue weighted by Crippen LogP contribution is -1.61. The number of rotatable bonds is 0. The smallest absolute Gasteiger partial charge is 0.122 e. The third-order valence-corrected chi connectivity index (χ3v) is 0.518. The monoisotopic (exact) mass is 94.0 g/mol. The maximum atomic E-state index is 4.49. The van der Waals surface area contributed by atoms with Crippen LogP contribution in [0.1, 0.15) is 0 Å². The summed E-state index contributed by atoms with van der Waals surface area (Å²) in [6, 6.07) is 0. The van der Waals surface area contributed by atoms with E-state index in [1.54, 1.807) is 12.2 Å². The fraction of sp³-hybridized carbons (Fsp3) is 0. The molecular formula is C5H4NO. The van der Waals surface area contributed by atoms with Gasteiger partial charge in [-0.1, -0.05) is 5.16 Å². The minimum Gasteiger partial charge on any atom is -0.365 e. The van der Waals surface area contributed by atoms with Crippen LogP contribution in [0.5, 0.6) is 0 Å². The van der Waals surface area contributed by atoms with Crippen molar-refractivity contribution in [3.63, 3.8) is 0 Å².